The van der Waals surface area contributed by atoms with Crippen molar-refractivity contribution in [2.75, 3.05) is 13.6 Å². The highest BCUT2D eigenvalue weighted by Crippen LogP contribution is 2.34. The first-order valence-electron chi connectivity index (χ1n) is 6.39. The molecule has 0 radical (unpaired) electrons. The number of thioether (sulfide) groups is 1. The minimum atomic E-state index is -0.398. The summed E-state index contributed by atoms with van der Waals surface area (Å²) in [6.07, 6.45) is 5.09. The van der Waals surface area contributed by atoms with Crippen LogP contribution in [0.25, 0.3) is 0 Å². The molecule has 17 heavy (non-hydrogen) atoms. The Morgan fingerprint density at radius 1 is 1.29 bits per heavy atom. The third-order valence-corrected chi connectivity index (χ3v) is 4.62. The Bertz CT molecular complexity index is 333. The van der Waals surface area contributed by atoms with Gasteiger partial charge in [0.1, 0.15) is 0 Å². The lowest BCUT2D eigenvalue weighted by molar-refractivity contribution is 0.177. The van der Waals surface area contributed by atoms with Crippen LogP contribution >= 0.6 is 11.8 Å². The average molecular weight is 251 g/mol. The van der Waals surface area contributed by atoms with Crippen molar-refractivity contribution in [3.8, 4) is 0 Å². The summed E-state index contributed by atoms with van der Waals surface area (Å²) < 4.78 is 0. The van der Waals surface area contributed by atoms with Crippen LogP contribution in [0.5, 0.6) is 0 Å². The van der Waals surface area contributed by atoms with Crippen LogP contribution in [0.15, 0.2) is 29.2 Å². The van der Waals surface area contributed by atoms with E-state index in [1.54, 1.807) is 0 Å². The number of rotatable bonds is 5. The molecule has 1 aromatic rings. The molecule has 2 rings (SSSR count). The van der Waals surface area contributed by atoms with Crippen LogP contribution in [0, 0.1) is 0 Å². The van der Waals surface area contributed by atoms with Crippen molar-refractivity contribution in [1.29, 1.82) is 0 Å². The van der Waals surface area contributed by atoms with Crippen LogP contribution in [-0.2, 0) is 0 Å². The largest absolute Gasteiger partial charge is 0.387 e. The van der Waals surface area contributed by atoms with Crippen molar-refractivity contribution >= 4 is 11.8 Å². The summed E-state index contributed by atoms with van der Waals surface area (Å²) in [6.45, 7) is 0.606. The molecule has 1 aromatic carbocycles. The van der Waals surface area contributed by atoms with Gasteiger partial charge >= 0.3 is 0 Å². The molecule has 2 nitrogen and oxygen atoms in total. The van der Waals surface area contributed by atoms with Gasteiger partial charge in [-0.3, -0.25) is 0 Å². The van der Waals surface area contributed by atoms with E-state index >= 15 is 0 Å². The number of aliphatic hydroxyl groups is 1. The van der Waals surface area contributed by atoms with Crippen molar-refractivity contribution in [2.24, 2.45) is 0 Å². The summed E-state index contributed by atoms with van der Waals surface area (Å²) in [7, 11) is 1.85. The number of benzene rings is 1. The Hall–Kier alpha value is -0.510. The highest BCUT2D eigenvalue weighted by atomic mass is 32.2. The maximum Gasteiger partial charge on any atom is 0.0914 e. The predicted molar refractivity (Wildman–Crippen MR) is 73.4 cm³/mol. The summed E-state index contributed by atoms with van der Waals surface area (Å²) in [5, 5.41) is 13.6. The van der Waals surface area contributed by atoms with Crippen LogP contribution in [0.1, 0.15) is 37.4 Å². The third kappa shape index (κ3) is 3.73. The SMILES string of the molecule is CNCC(O)c1ccc(SC2CCCC2)cc1. The van der Waals surface area contributed by atoms with Gasteiger partial charge in [-0.05, 0) is 37.6 Å². The van der Waals surface area contributed by atoms with Crippen molar-refractivity contribution in [2.45, 2.75) is 41.9 Å². The number of likely N-dealkylation sites (N-methyl/N-ethyl adjacent to an activating group) is 1. The standard InChI is InChI=1S/C14H21NOS/c1-15-10-14(16)11-6-8-13(9-7-11)17-12-4-2-3-5-12/h6-9,12,14-16H,2-5,10H2,1H3. The zero-order valence-electron chi connectivity index (χ0n) is 10.4. The van der Waals surface area contributed by atoms with E-state index in [0.717, 1.165) is 10.8 Å². The molecule has 0 amide bonds. The number of nitrogens with one attached hydrogen (secondary N) is 1. The van der Waals surface area contributed by atoms with E-state index in [1.807, 2.05) is 30.9 Å². The number of aliphatic hydroxyl groups excluding tert-OH is 1. The Labute approximate surface area is 108 Å². The second-order valence-corrected chi connectivity index (χ2v) is 6.04. The monoisotopic (exact) mass is 251 g/mol. The normalized spacial score (nSPS) is 18.5. The molecular formula is C14H21NOS. The molecule has 1 atom stereocenters. The van der Waals surface area contributed by atoms with Crippen LogP contribution < -0.4 is 5.32 Å². The molecule has 0 bridgehead atoms. The van der Waals surface area contributed by atoms with Gasteiger partial charge in [0.15, 0.2) is 0 Å². The number of hydrogen-bond acceptors (Lipinski definition) is 3. The summed E-state index contributed by atoms with van der Waals surface area (Å²) in [4.78, 5) is 1.33. The van der Waals surface area contributed by atoms with E-state index in [9.17, 15) is 5.11 Å². The smallest absolute Gasteiger partial charge is 0.0914 e. The average Bonchev–Trinajstić information content (AvgIpc) is 2.83. The maximum atomic E-state index is 9.83. The first-order chi connectivity index (χ1) is 8.29. The Kier molecular flexibility index (Phi) is 4.89. The lowest BCUT2D eigenvalue weighted by atomic mass is 10.1. The third-order valence-electron chi connectivity index (χ3n) is 3.27. The fraction of sp³-hybridized carbons (Fsp3) is 0.571. The Balaban J connectivity index is 1.92. The lowest BCUT2D eigenvalue weighted by Crippen LogP contribution is -2.16. The van der Waals surface area contributed by atoms with Crippen molar-refractivity contribution in [3.63, 3.8) is 0 Å². The fourth-order valence-electron chi connectivity index (χ4n) is 2.28. The Morgan fingerprint density at radius 2 is 1.94 bits per heavy atom. The molecular weight excluding hydrogens is 230 g/mol. The second kappa shape index (κ2) is 6.43. The van der Waals surface area contributed by atoms with Crippen molar-refractivity contribution in [1.82, 2.24) is 5.32 Å². The Morgan fingerprint density at radius 3 is 2.53 bits per heavy atom. The topological polar surface area (TPSA) is 32.3 Å². The van der Waals surface area contributed by atoms with E-state index in [2.05, 4.69) is 17.4 Å². The van der Waals surface area contributed by atoms with Gasteiger partial charge in [0.05, 0.1) is 6.10 Å². The second-order valence-electron chi connectivity index (χ2n) is 4.67. The molecule has 0 heterocycles. The molecule has 2 N–H and O–H groups in total. The van der Waals surface area contributed by atoms with Gasteiger partial charge in [-0.1, -0.05) is 25.0 Å². The summed E-state index contributed by atoms with van der Waals surface area (Å²) in [5.41, 5.74) is 0.995. The van der Waals surface area contributed by atoms with E-state index in [1.165, 1.54) is 30.6 Å². The predicted octanol–water partition coefficient (Wildman–Crippen LogP) is 2.97. The first-order valence-corrected chi connectivity index (χ1v) is 7.27. The molecule has 1 unspecified atom stereocenters. The highest BCUT2D eigenvalue weighted by molar-refractivity contribution is 8.00. The molecule has 1 saturated carbocycles. The molecule has 1 fully saturated rings. The van der Waals surface area contributed by atoms with E-state index in [-0.39, 0.29) is 0 Å². The van der Waals surface area contributed by atoms with Crippen LogP contribution in [-0.4, -0.2) is 23.9 Å². The van der Waals surface area contributed by atoms with E-state index in [0.29, 0.717) is 6.54 Å². The highest BCUT2D eigenvalue weighted by Gasteiger charge is 2.16. The van der Waals surface area contributed by atoms with Crippen LogP contribution in [0.4, 0.5) is 0 Å². The molecule has 1 aliphatic rings. The van der Waals surface area contributed by atoms with Crippen molar-refractivity contribution in [3.05, 3.63) is 29.8 Å². The molecule has 1 aliphatic carbocycles. The van der Waals surface area contributed by atoms with Gasteiger partial charge in [0.25, 0.3) is 0 Å². The van der Waals surface area contributed by atoms with Gasteiger partial charge in [-0.15, -0.1) is 11.8 Å². The van der Waals surface area contributed by atoms with Gasteiger partial charge in [0, 0.05) is 16.7 Å². The minimum Gasteiger partial charge on any atom is -0.387 e. The summed E-state index contributed by atoms with van der Waals surface area (Å²) in [5.74, 6) is 0. The van der Waals surface area contributed by atoms with Gasteiger partial charge < -0.3 is 10.4 Å². The van der Waals surface area contributed by atoms with Crippen LogP contribution in [0.2, 0.25) is 0 Å². The molecule has 0 spiro atoms. The van der Waals surface area contributed by atoms with Gasteiger partial charge in [-0.2, -0.15) is 0 Å². The number of hydrogen-bond donors (Lipinski definition) is 2. The minimum absolute atomic E-state index is 0.398. The summed E-state index contributed by atoms with van der Waals surface area (Å²) in [6, 6.07) is 8.35. The fourth-order valence-corrected chi connectivity index (χ4v) is 3.53. The van der Waals surface area contributed by atoms with Crippen LogP contribution in [0.3, 0.4) is 0 Å². The summed E-state index contributed by atoms with van der Waals surface area (Å²) >= 11 is 1.99. The van der Waals surface area contributed by atoms with Gasteiger partial charge in [0.2, 0.25) is 0 Å². The zero-order chi connectivity index (χ0) is 12.1. The van der Waals surface area contributed by atoms with E-state index < -0.39 is 6.10 Å². The lowest BCUT2D eigenvalue weighted by Gasteiger charge is -2.12. The molecule has 0 aromatic heterocycles. The molecule has 94 valence electrons. The molecule has 0 aliphatic heterocycles. The van der Waals surface area contributed by atoms with E-state index in [4.69, 9.17) is 0 Å². The van der Waals surface area contributed by atoms with Crippen molar-refractivity contribution < 1.29 is 5.11 Å². The molecule has 3 heteroatoms. The maximum absolute atomic E-state index is 9.83. The van der Waals surface area contributed by atoms with Gasteiger partial charge in [-0.25, -0.2) is 0 Å². The zero-order valence-corrected chi connectivity index (χ0v) is 11.2. The molecule has 0 saturated heterocycles. The first kappa shape index (κ1) is 12.9. The quantitative estimate of drug-likeness (QED) is 0.844.